The van der Waals surface area contributed by atoms with Gasteiger partial charge < -0.3 is 10.6 Å². The van der Waals surface area contributed by atoms with E-state index in [9.17, 15) is 8.42 Å². The highest BCUT2D eigenvalue weighted by molar-refractivity contribution is 7.89. The van der Waals surface area contributed by atoms with Gasteiger partial charge in [0.1, 0.15) is 0 Å². The fourth-order valence-corrected chi connectivity index (χ4v) is 3.51. The predicted molar refractivity (Wildman–Crippen MR) is 82.3 cm³/mol. The zero-order valence-electron chi connectivity index (χ0n) is 12.3. The SMILES string of the molecule is CCC1CCN(c2ccc(S(=O)(=O)N(C)C)cc2N)C1. The normalized spacial score (nSPS) is 19.8. The minimum atomic E-state index is -3.42. The monoisotopic (exact) mass is 297 g/mol. The second-order valence-corrected chi connectivity index (χ2v) is 7.67. The first-order valence-electron chi connectivity index (χ1n) is 6.93. The molecule has 0 radical (unpaired) electrons. The number of rotatable bonds is 4. The molecule has 1 aliphatic heterocycles. The summed E-state index contributed by atoms with van der Waals surface area (Å²) in [4.78, 5) is 2.49. The number of nitrogens with zero attached hydrogens (tertiary/aromatic N) is 2. The molecule has 5 nitrogen and oxygen atoms in total. The third-order valence-electron chi connectivity index (χ3n) is 3.98. The van der Waals surface area contributed by atoms with E-state index in [4.69, 9.17) is 5.73 Å². The first kappa shape index (κ1) is 15.1. The van der Waals surface area contributed by atoms with Crippen LogP contribution in [0.1, 0.15) is 19.8 Å². The van der Waals surface area contributed by atoms with Crippen molar-refractivity contribution in [1.29, 1.82) is 0 Å². The summed E-state index contributed by atoms with van der Waals surface area (Å²) in [7, 11) is -0.381. The molecule has 2 rings (SSSR count). The van der Waals surface area contributed by atoms with E-state index in [1.165, 1.54) is 31.2 Å². The van der Waals surface area contributed by atoms with E-state index in [2.05, 4.69) is 11.8 Å². The van der Waals surface area contributed by atoms with Crippen LogP contribution in [-0.4, -0.2) is 39.9 Å². The highest BCUT2D eigenvalue weighted by Crippen LogP contribution is 2.31. The van der Waals surface area contributed by atoms with E-state index in [1.54, 1.807) is 12.1 Å². The average Bonchev–Trinajstić information content (AvgIpc) is 2.86. The fraction of sp³-hybridized carbons (Fsp3) is 0.571. The van der Waals surface area contributed by atoms with Gasteiger partial charge in [-0.25, -0.2) is 12.7 Å². The van der Waals surface area contributed by atoms with Gasteiger partial charge >= 0.3 is 0 Å². The maximum atomic E-state index is 12.1. The molecular formula is C14H23N3O2S. The van der Waals surface area contributed by atoms with Gasteiger partial charge in [-0.2, -0.15) is 0 Å². The molecule has 2 N–H and O–H groups in total. The number of sulfonamides is 1. The molecule has 20 heavy (non-hydrogen) atoms. The molecule has 0 amide bonds. The van der Waals surface area contributed by atoms with E-state index in [0.717, 1.165) is 18.8 Å². The van der Waals surface area contributed by atoms with Crippen molar-refractivity contribution in [2.24, 2.45) is 5.92 Å². The molecule has 0 bridgehead atoms. The van der Waals surface area contributed by atoms with Crippen molar-refractivity contribution in [3.8, 4) is 0 Å². The average molecular weight is 297 g/mol. The topological polar surface area (TPSA) is 66.6 Å². The molecule has 0 aliphatic carbocycles. The quantitative estimate of drug-likeness (QED) is 0.860. The van der Waals surface area contributed by atoms with E-state index >= 15 is 0 Å². The maximum Gasteiger partial charge on any atom is 0.242 e. The number of benzene rings is 1. The molecule has 112 valence electrons. The Hall–Kier alpha value is -1.27. The molecule has 1 fully saturated rings. The Labute approximate surface area is 121 Å². The summed E-state index contributed by atoms with van der Waals surface area (Å²) < 4.78 is 25.3. The van der Waals surface area contributed by atoms with Crippen molar-refractivity contribution in [3.63, 3.8) is 0 Å². The number of nitrogens with two attached hydrogens (primary N) is 1. The molecule has 0 spiro atoms. The van der Waals surface area contributed by atoms with E-state index < -0.39 is 10.0 Å². The van der Waals surface area contributed by atoms with Crippen LogP contribution in [0.15, 0.2) is 23.1 Å². The lowest BCUT2D eigenvalue weighted by Gasteiger charge is -2.21. The Kier molecular flexibility index (Phi) is 4.25. The Bertz CT molecular complexity index is 584. The van der Waals surface area contributed by atoms with E-state index in [1.807, 2.05) is 6.07 Å². The van der Waals surface area contributed by atoms with Gasteiger partial charge in [0.25, 0.3) is 0 Å². The van der Waals surface area contributed by atoms with Gasteiger partial charge in [0.05, 0.1) is 16.3 Å². The number of hydrogen-bond acceptors (Lipinski definition) is 4. The van der Waals surface area contributed by atoms with Gasteiger partial charge in [0.2, 0.25) is 10.0 Å². The summed E-state index contributed by atoms with van der Waals surface area (Å²) >= 11 is 0. The largest absolute Gasteiger partial charge is 0.397 e. The lowest BCUT2D eigenvalue weighted by Crippen LogP contribution is -2.23. The smallest absolute Gasteiger partial charge is 0.242 e. The molecule has 0 saturated carbocycles. The van der Waals surface area contributed by atoms with Crippen molar-refractivity contribution >= 4 is 21.4 Å². The Morgan fingerprint density at radius 2 is 2.10 bits per heavy atom. The predicted octanol–water partition coefficient (Wildman–Crippen LogP) is 1.76. The van der Waals surface area contributed by atoms with Gasteiger partial charge in [0.15, 0.2) is 0 Å². The Morgan fingerprint density at radius 3 is 2.60 bits per heavy atom. The molecule has 1 aromatic rings. The minimum absolute atomic E-state index is 0.245. The number of hydrogen-bond donors (Lipinski definition) is 1. The van der Waals surface area contributed by atoms with Crippen LogP contribution in [-0.2, 0) is 10.0 Å². The highest BCUT2D eigenvalue weighted by Gasteiger charge is 2.24. The molecule has 1 aromatic carbocycles. The van der Waals surface area contributed by atoms with Crippen LogP contribution in [0.5, 0.6) is 0 Å². The molecule has 1 saturated heterocycles. The highest BCUT2D eigenvalue weighted by atomic mass is 32.2. The van der Waals surface area contributed by atoms with Crippen LogP contribution in [0.2, 0.25) is 0 Å². The van der Waals surface area contributed by atoms with Crippen molar-refractivity contribution in [1.82, 2.24) is 4.31 Å². The van der Waals surface area contributed by atoms with Crippen molar-refractivity contribution in [2.75, 3.05) is 37.8 Å². The second-order valence-electron chi connectivity index (χ2n) is 5.52. The zero-order chi connectivity index (χ0) is 14.9. The summed E-state index contributed by atoms with van der Waals surface area (Å²) in [6.07, 6.45) is 2.34. The first-order valence-corrected chi connectivity index (χ1v) is 8.37. The standard InChI is InChI=1S/C14H23N3O2S/c1-4-11-7-8-17(10-11)14-6-5-12(9-13(14)15)20(18,19)16(2)3/h5-6,9,11H,4,7-8,10,15H2,1-3H3. The van der Waals surface area contributed by atoms with Gasteiger partial charge in [-0.3, -0.25) is 0 Å². The van der Waals surface area contributed by atoms with E-state index in [-0.39, 0.29) is 4.90 Å². The van der Waals surface area contributed by atoms with Crippen molar-refractivity contribution < 1.29 is 8.42 Å². The third kappa shape index (κ3) is 2.76. The van der Waals surface area contributed by atoms with Crippen LogP contribution in [0.3, 0.4) is 0 Å². The Morgan fingerprint density at radius 1 is 1.40 bits per heavy atom. The van der Waals surface area contributed by atoms with Crippen molar-refractivity contribution in [3.05, 3.63) is 18.2 Å². The summed E-state index contributed by atoms with van der Waals surface area (Å²) in [6, 6.07) is 5.02. The molecule has 0 aromatic heterocycles. The van der Waals surface area contributed by atoms with Crippen molar-refractivity contribution in [2.45, 2.75) is 24.7 Å². The van der Waals surface area contributed by atoms with Gasteiger partial charge in [-0.15, -0.1) is 0 Å². The Balaban J connectivity index is 2.28. The van der Waals surface area contributed by atoms with Gasteiger partial charge in [0, 0.05) is 27.2 Å². The lowest BCUT2D eigenvalue weighted by molar-refractivity contribution is 0.521. The maximum absolute atomic E-state index is 12.1. The summed E-state index contributed by atoms with van der Waals surface area (Å²) in [6.45, 7) is 4.19. The molecule has 1 aliphatic rings. The third-order valence-corrected chi connectivity index (χ3v) is 5.79. The molecule has 6 heteroatoms. The van der Waals surface area contributed by atoms with Gasteiger partial charge in [-0.05, 0) is 30.5 Å². The summed E-state index contributed by atoms with van der Waals surface area (Å²) in [5, 5.41) is 0. The van der Waals surface area contributed by atoms with Crippen LogP contribution >= 0.6 is 0 Å². The summed E-state index contributed by atoms with van der Waals surface area (Å²) in [5.41, 5.74) is 7.54. The van der Waals surface area contributed by atoms with Crippen LogP contribution < -0.4 is 10.6 Å². The van der Waals surface area contributed by atoms with Gasteiger partial charge in [-0.1, -0.05) is 13.3 Å². The minimum Gasteiger partial charge on any atom is -0.397 e. The van der Waals surface area contributed by atoms with Crippen LogP contribution in [0.25, 0.3) is 0 Å². The number of nitrogen functional groups attached to an aromatic ring is 1. The second kappa shape index (κ2) is 5.61. The first-order chi connectivity index (χ1) is 9.36. The molecule has 1 heterocycles. The molecule has 1 atom stereocenters. The molecule has 1 unspecified atom stereocenters. The van der Waals surface area contributed by atoms with Crippen LogP contribution in [0, 0.1) is 5.92 Å². The lowest BCUT2D eigenvalue weighted by atomic mass is 10.1. The number of anilines is 2. The zero-order valence-corrected chi connectivity index (χ0v) is 13.2. The van der Waals surface area contributed by atoms with E-state index in [0.29, 0.717) is 11.6 Å². The van der Waals surface area contributed by atoms with Crippen LogP contribution in [0.4, 0.5) is 11.4 Å². The fourth-order valence-electron chi connectivity index (χ4n) is 2.58. The molecular weight excluding hydrogens is 274 g/mol. The summed E-state index contributed by atoms with van der Waals surface area (Å²) in [5.74, 6) is 0.708.